The van der Waals surface area contributed by atoms with Crippen molar-refractivity contribution in [3.63, 3.8) is 0 Å². The number of carbonyl (C=O) groups is 1. The average Bonchev–Trinajstić information content (AvgIpc) is 2.90. The van der Waals surface area contributed by atoms with E-state index in [0.717, 1.165) is 5.01 Å². The van der Waals surface area contributed by atoms with Gasteiger partial charge in [-0.05, 0) is 25.1 Å². The van der Waals surface area contributed by atoms with Gasteiger partial charge in [-0.1, -0.05) is 23.1 Å². The fourth-order valence-corrected chi connectivity index (χ4v) is 3.64. The normalized spacial score (nSPS) is 12.3. The SMILES string of the molecule is Cc1nnc(SCCC(=O)Nc2cc(C(F)(F)F)cc(C(F)(F)F)c2)s1. The number of aromatic nitrogens is 2. The molecule has 0 aliphatic heterocycles. The van der Waals surface area contributed by atoms with Gasteiger partial charge in [0, 0.05) is 17.9 Å². The third kappa shape index (κ3) is 5.87. The van der Waals surface area contributed by atoms with Crippen LogP contribution < -0.4 is 5.32 Å². The minimum atomic E-state index is -4.97. The second kappa shape index (κ2) is 7.82. The summed E-state index contributed by atoms with van der Waals surface area (Å²) >= 11 is 2.53. The van der Waals surface area contributed by atoms with Crippen LogP contribution in [0.15, 0.2) is 22.5 Å². The van der Waals surface area contributed by atoms with Gasteiger partial charge in [-0.3, -0.25) is 4.79 Å². The van der Waals surface area contributed by atoms with Crippen molar-refractivity contribution in [2.24, 2.45) is 0 Å². The second-order valence-corrected chi connectivity index (χ2v) is 7.55. The lowest BCUT2D eigenvalue weighted by atomic mass is 10.1. The quantitative estimate of drug-likeness (QED) is 0.551. The van der Waals surface area contributed by atoms with E-state index in [1.165, 1.54) is 23.1 Å². The summed E-state index contributed by atoms with van der Waals surface area (Å²) in [4.78, 5) is 11.8. The van der Waals surface area contributed by atoms with Crippen molar-refractivity contribution in [2.45, 2.75) is 30.0 Å². The molecule has 0 saturated carbocycles. The van der Waals surface area contributed by atoms with E-state index in [9.17, 15) is 31.1 Å². The van der Waals surface area contributed by atoms with E-state index in [0.29, 0.717) is 16.5 Å². The van der Waals surface area contributed by atoms with Crippen LogP contribution in [-0.2, 0) is 17.1 Å². The molecule has 0 bridgehead atoms. The summed E-state index contributed by atoms with van der Waals surface area (Å²) < 4.78 is 77.2. The Kier molecular flexibility index (Phi) is 6.17. The zero-order chi connectivity index (χ0) is 19.5. The monoisotopic (exact) mass is 415 g/mol. The van der Waals surface area contributed by atoms with E-state index < -0.39 is 35.1 Å². The summed E-state index contributed by atoms with van der Waals surface area (Å²) in [5.41, 5.74) is -3.53. The van der Waals surface area contributed by atoms with Crippen LogP contribution in [0, 0.1) is 6.92 Å². The molecule has 26 heavy (non-hydrogen) atoms. The Balaban J connectivity index is 2.06. The zero-order valence-electron chi connectivity index (χ0n) is 13.0. The molecule has 1 amide bonds. The first-order valence-corrected chi connectivity index (χ1v) is 8.77. The third-order valence-electron chi connectivity index (χ3n) is 2.93. The Morgan fingerprint density at radius 1 is 1.08 bits per heavy atom. The average molecular weight is 415 g/mol. The Hall–Kier alpha value is -1.82. The fraction of sp³-hybridized carbons (Fsp3) is 0.357. The minimum absolute atomic E-state index is 0.00328. The summed E-state index contributed by atoms with van der Waals surface area (Å²) in [6.45, 7) is 1.75. The maximum Gasteiger partial charge on any atom is 0.416 e. The number of aryl methyl sites for hydroxylation is 1. The van der Waals surface area contributed by atoms with Crippen LogP contribution in [-0.4, -0.2) is 21.9 Å². The smallest absolute Gasteiger partial charge is 0.326 e. The van der Waals surface area contributed by atoms with E-state index in [4.69, 9.17) is 0 Å². The minimum Gasteiger partial charge on any atom is -0.326 e. The number of amides is 1. The van der Waals surface area contributed by atoms with E-state index in [-0.39, 0.29) is 18.2 Å². The highest BCUT2D eigenvalue weighted by atomic mass is 32.2. The van der Waals surface area contributed by atoms with Crippen LogP contribution in [0.3, 0.4) is 0 Å². The first-order valence-electron chi connectivity index (χ1n) is 6.97. The molecule has 0 atom stereocenters. The molecule has 0 unspecified atom stereocenters. The largest absolute Gasteiger partial charge is 0.416 e. The molecule has 0 aliphatic rings. The highest BCUT2D eigenvalue weighted by Gasteiger charge is 2.37. The zero-order valence-corrected chi connectivity index (χ0v) is 14.7. The molecule has 1 heterocycles. The van der Waals surface area contributed by atoms with Gasteiger partial charge in [0.05, 0.1) is 11.1 Å². The maximum absolute atomic E-state index is 12.8. The molecule has 2 aromatic rings. The van der Waals surface area contributed by atoms with Gasteiger partial charge in [-0.2, -0.15) is 26.3 Å². The lowest BCUT2D eigenvalue weighted by Gasteiger charge is -2.14. The van der Waals surface area contributed by atoms with Crippen LogP contribution in [0.4, 0.5) is 32.0 Å². The lowest BCUT2D eigenvalue weighted by Crippen LogP contribution is -2.16. The molecule has 1 N–H and O–H groups in total. The van der Waals surface area contributed by atoms with Gasteiger partial charge in [0.2, 0.25) is 5.91 Å². The van der Waals surface area contributed by atoms with E-state index in [2.05, 4.69) is 15.5 Å². The number of alkyl halides is 6. The van der Waals surface area contributed by atoms with Crippen molar-refractivity contribution in [1.29, 1.82) is 0 Å². The molecular formula is C14H11F6N3OS2. The van der Waals surface area contributed by atoms with Crippen LogP contribution in [0.2, 0.25) is 0 Å². The van der Waals surface area contributed by atoms with Crippen molar-refractivity contribution >= 4 is 34.7 Å². The number of nitrogens with one attached hydrogen (secondary N) is 1. The molecule has 0 fully saturated rings. The van der Waals surface area contributed by atoms with Crippen molar-refractivity contribution in [3.8, 4) is 0 Å². The molecular weight excluding hydrogens is 404 g/mol. The standard InChI is InChI=1S/C14H11F6N3OS2/c1-7-22-23-12(26-7)25-3-2-11(24)21-10-5-8(13(15,16)17)4-9(6-10)14(18,19)20/h4-6H,2-3H2,1H3,(H,21,24). The number of anilines is 1. The molecule has 1 aromatic carbocycles. The number of thioether (sulfide) groups is 1. The van der Waals surface area contributed by atoms with Gasteiger partial charge in [0.15, 0.2) is 4.34 Å². The van der Waals surface area contributed by atoms with Gasteiger partial charge < -0.3 is 5.32 Å². The van der Waals surface area contributed by atoms with Crippen molar-refractivity contribution in [2.75, 3.05) is 11.1 Å². The summed E-state index contributed by atoms with van der Waals surface area (Å²) in [6.07, 6.45) is -10.0. The van der Waals surface area contributed by atoms with Gasteiger partial charge in [0.1, 0.15) is 5.01 Å². The predicted molar refractivity (Wildman–Crippen MR) is 85.1 cm³/mol. The fourth-order valence-electron chi connectivity index (χ4n) is 1.82. The Morgan fingerprint density at radius 2 is 1.65 bits per heavy atom. The molecule has 4 nitrogen and oxygen atoms in total. The van der Waals surface area contributed by atoms with E-state index in [1.54, 1.807) is 6.92 Å². The highest BCUT2D eigenvalue weighted by molar-refractivity contribution is 8.01. The van der Waals surface area contributed by atoms with E-state index in [1.807, 2.05) is 0 Å². The number of rotatable bonds is 5. The van der Waals surface area contributed by atoms with Gasteiger partial charge >= 0.3 is 12.4 Å². The van der Waals surface area contributed by atoms with Crippen LogP contribution >= 0.6 is 23.1 Å². The first-order chi connectivity index (χ1) is 11.9. The molecule has 0 spiro atoms. The lowest BCUT2D eigenvalue weighted by molar-refractivity contribution is -0.143. The summed E-state index contributed by atoms with van der Waals surface area (Å²) in [5.74, 6) is -0.447. The third-order valence-corrected chi connectivity index (χ3v) is 4.91. The molecule has 2 rings (SSSR count). The van der Waals surface area contributed by atoms with Gasteiger partial charge in [0.25, 0.3) is 0 Å². The van der Waals surface area contributed by atoms with Gasteiger partial charge in [-0.15, -0.1) is 10.2 Å². The number of nitrogens with zero attached hydrogens (tertiary/aromatic N) is 2. The summed E-state index contributed by atoms with van der Waals surface area (Å²) in [7, 11) is 0. The van der Waals surface area contributed by atoms with Gasteiger partial charge in [-0.25, -0.2) is 0 Å². The van der Waals surface area contributed by atoms with Crippen molar-refractivity contribution in [3.05, 3.63) is 34.3 Å². The topological polar surface area (TPSA) is 54.9 Å². The first kappa shape index (κ1) is 20.5. The molecule has 0 aliphatic carbocycles. The number of halogens is 6. The Bertz CT molecular complexity index is 755. The molecule has 12 heteroatoms. The number of benzene rings is 1. The Morgan fingerprint density at radius 3 is 2.12 bits per heavy atom. The number of carbonyl (C=O) groups excluding carboxylic acids is 1. The molecule has 142 valence electrons. The second-order valence-electron chi connectivity index (χ2n) is 5.03. The predicted octanol–water partition coefficient (Wildman–Crippen LogP) is 5.01. The number of hydrogen-bond donors (Lipinski definition) is 1. The summed E-state index contributed by atoms with van der Waals surface area (Å²) in [5, 5.41) is 10.4. The number of hydrogen-bond acceptors (Lipinski definition) is 5. The van der Waals surface area contributed by atoms with E-state index >= 15 is 0 Å². The highest BCUT2D eigenvalue weighted by Crippen LogP contribution is 2.37. The molecule has 0 radical (unpaired) electrons. The van der Waals surface area contributed by atoms with Crippen LogP contribution in [0.5, 0.6) is 0 Å². The van der Waals surface area contributed by atoms with Crippen molar-refractivity contribution < 1.29 is 31.1 Å². The molecule has 1 aromatic heterocycles. The Labute approximate surface area is 152 Å². The summed E-state index contributed by atoms with van der Waals surface area (Å²) in [6, 6.07) is 0.937. The van der Waals surface area contributed by atoms with Crippen LogP contribution in [0.1, 0.15) is 22.6 Å². The maximum atomic E-state index is 12.8. The van der Waals surface area contributed by atoms with Crippen LogP contribution in [0.25, 0.3) is 0 Å². The molecule has 0 saturated heterocycles. The van der Waals surface area contributed by atoms with Crippen molar-refractivity contribution in [1.82, 2.24) is 10.2 Å².